The summed E-state index contributed by atoms with van der Waals surface area (Å²) in [5.41, 5.74) is 0.225. The van der Waals surface area contributed by atoms with Gasteiger partial charge in [-0.05, 0) is 50.7 Å². The van der Waals surface area contributed by atoms with Crippen molar-refractivity contribution >= 4 is 17.7 Å². The van der Waals surface area contributed by atoms with E-state index in [2.05, 4.69) is 10.6 Å². The van der Waals surface area contributed by atoms with Crippen molar-refractivity contribution in [1.29, 1.82) is 0 Å². The van der Waals surface area contributed by atoms with E-state index in [1.807, 2.05) is 0 Å². The second-order valence-corrected chi connectivity index (χ2v) is 7.35. The number of benzene rings is 1. The van der Waals surface area contributed by atoms with Gasteiger partial charge in [0.05, 0.1) is 5.56 Å². The molecule has 3 N–H and O–H groups in total. The number of hydrogen-bond donors (Lipinski definition) is 3. The Morgan fingerprint density at radius 1 is 1.04 bits per heavy atom. The molecule has 2 fully saturated rings. The fourth-order valence-corrected chi connectivity index (χ4v) is 4.09. The predicted octanol–water partition coefficient (Wildman–Crippen LogP) is 1.42. The summed E-state index contributed by atoms with van der Waals surface area (Å²) in [6.07, 6.45) is 4.44. The van der Waals surface area contributed by atoms with Gasteiger partial charge in [-0.3, -0.25) is 14.4 Å². The summed E-state index contributed by atoms with van der Waals surface area (Å²) in [5.74, 6) is -0.432. The number of aromatic hydroxyl groups is 1. The van der Waals surface area contributed by atoms with Crippen LogP contribution in [-0.4, -0.2) is 53.4 Å². The number of para-hydroxylation sites is 1. The maximum atomic E-state index is 12.8. The molecule has 1 unspecified atom stereocenters. The van der Waals surface area contributed by atoms with Gasteiger partial charge >= 0.3 is 0 Å². The molecule has 1 aliphatic carbocycles. The number of phenols is 1. The van der Waals surface area contributed by atoms with Crippen molar-refractivity contribution in [2.45, 2.75) is 50.6 Å². The molecule has 1 aromatic carbocycles. The van der Waals surface area contributed by atoms with Gasteiger partial charge < -0.3 is 20.6 Å². The molecule has 1 saturated heterocycles. The van der Waals surface area contributed by atoms with E-state index in [0.29, 0.717) is 13.0 Å². The van der Waals surface area contributed by atoms with E-state index < -0.39 is 6.04 Å². The monoisotopic (exact) mass is 373 g/mol. The quantitative estimate of drug-likeness (QED) is 0.743. The molecule has 1 heterocycles. The van der Waals surface area contributed by atoms with Crippen molar-refractivity contribution in [2.24, 2.45) is 5.92 Å². The number of nitrogens with zero attached hydrogens (tertiary/aromatic N) is 1. The van der Waals surface area contributed by atoms with Crippen molar-refractivity contribution in [3.63, 3.8) is 0 Å². The van der Waals surface area contributed by atoms with Crippen molar-refractivity contribution < 1.29 is 19.5 Å². The van der Waals surface area contributed by atoms with E-state index in [9.17, 15) is 19.5 Å². The summed E-state index contributed by atoms with van der Waals surface area (Å²) >= 11 is 0. The Morgan fingerprint density at radius 2 is 1.74 bits per heavy atom. The predicted molar refractivity (Wildman–Crippen MR) is 100 cm³/mol. The Bertz CT molecular complexity index is 713. The lowest BCUT2D eigenvalue weighted by atomic mass is 9.85. The summed E-state index contributed by atoms with van der Waals surface area (Å²) in [6, 6.07) is 5.95. The van der Waals surface area contributed by atoms with Crippen LogP contribution in [0.1, 0.15) is 48.9 Å². The zero-order valence-electron chi connectivity index (χ0n) is 15.6. The molecule has 1 aromatic rings. The van der Waals surface area contributed by atoms with Gasteiger partial charge in [-0.25, -0.2) is 0 Å². The van der Waals surface area contributed by atoms with Crippen molar-refractivity contribution in [3.05, 3.63) is 29.8 Å². The van der Waals surface area contributed by atoms with Gasteiger partial charge in [0.25, 0.3) is 5.91 Å². The summed E-state index contributed by atoms with van der Waals surface area (Å²) < 4.78 is 0. The highest BCUT2D eigenvalue weighted by Gasteiger charge is 2.36. The lowest BCUT2D eigenvalue weighted by Gasteiger charge is -2.30. The van der Waals surface area contributed by atoms with Gasteiger partial charge in [0.2, 0.25) is 11.8 Å². The van der Waals surface area contributed by atoms with Crippen LogP contribution in [0.4, 0.5) is 0 Å². The number of carbonyl (C=O) groups is 3. The number of carbonyl (C=O) groups excluding carboxylic acids is 3. The van der Waals surface area contributed by atoms with Gasteiger partial charge in [-0.15, -0.1) is 0 Å². The standard InChI is InChI=1S/C20H27N3O4/c1-21-18(25)13-8-10-14(11-9-13)22-19(26)16-6-4-12-23(16)20(27)15-5-2-3-7-17(15)24/h2-3,5,7,13-14,16,24H,4,6,8-12H2,1H3,(H,21,25)(H,22,26). The van der Waals surface area contributed by atoms with Crippen molar-refractivity contribution in [1.82, 2.24) is 15.5 Å². The van der Waals surface area contributed by atoms with Crippen LogP contribution in [0.2, 0.25) is 0 Å². The smallest absolute Gasteiger partial charge is 0.258 e. The topological polar surface area (TPSA) is 98.7 Å². The highest BCUT2D eigenvalue weighted by Crippen LogP contribution is 2.27. The lowest BCUT2D eigenvalue weighted by molar-refractivity contribution is -0.126. The average Bonchev–Trinajstić information content (AvgIpc) is 3.18. The molecule has 0 aromatic heterocycles. The number of amides is 3. The van der Waals surface area contributed by atoms with Crippen LogP contribution in [0, 0.1) is 5.92 Å². The van der Waals surface area contributed by atoms with E-state index >= 15 is 0 Å². The molecule has 146 valence electrons. The minimum absolute atomic E-state index is 0.0220. The fourth-order valence-electron chi connectivity index (χ4n) is 4.09. The van der Waals surface area contributed by atoms with Gasteiger partial charge in [0.15, 0.2) is 0 Å². The lowest BCUT2D eigenvalue weighted by Crippen LogP contribution is -2.49. The summed E-state index contributed by atoms with van der Waals surface area (Å²) in [7, 11) is 1.65. The second kappa shape index (κ2) is 8.41. The van der Waals surface area contributed by atoms with Gasteiger partial charge in [-0.1, -0.05) is 12.1 Å². The number of nitrogens with one attached hydrogen (secondary N) is 2. The van der Waals surface area contributed by atoms with Crippen LogP contribution in [0.25, 0.3) is 0 Å². The molecular formula is C20H27N3O4. The molecule has 27 heavy (non-hydrogen) atoms. The largest absolute Gasteiger partial charge is 0.507 e. The third-order valence-electron chi connectivity index (χ3n) is 5.64. The van der Waals surface area contributed by atoms with Crippen LogP contribution in [-0.2, 0) is 9.59 Å². The summed E-state index contributed by atoms with van der Waals surface area (Å²) in [5, 5.41) is 15.7. The summed E-state index contributed by atoms with van der Waals surface area (Å²) in [4.78, 5) is 38.8. The normalized spacial score (nSPS) is 25.1. The summed E-state index contributed by atoms with van der Waals surface area (Å²) in [6.45, 7) is 0.509. The third kappa shape index (κ3) is 4.23. The van der Waals surface area contributed by atoms with Crippen LogP contribution in [0.3, 0.4) is 0 Å². The molecule has 0 spiro atoms. The van der Waals surface area contributed by atoms with E-state index in [-0.39, 0.29) is 41.0 Å². The molecule has 7 heteroatoms. The van der Waals surface area contributed by atoms with Crippen LogP contribution >= 0.6 is 0 Å². The second-order valence-electron chi connectivity index (χ2n) is 7.35. The van der Waals surface area contributed by atoms with Gasteiger partial charge in [-0.2, -0.15) is 0 Å². The Hall–Kier alpha value is -2.57. The molecule has 3 rings (SSSR count). The van der Waals surface area contributed by atoms with Gasteiger partial charge in [0.1, 0.15) is 11.8 Å². The minimum atomic E-state index is -0.506. The Morgan fingerprint density at radius 3 is 2.41 bits per heavy atom. The highest BCUT2D eigenvalue weighted by molar-refractivity contribution is 5.99. The van der Waals surface area contributed by atoms with Crippen molar-refractivity contribution in [3.8, 4) is 5.75 Å². The zero-order chi connectivity index (χ0) is 19.4. The molecule has 7 nitrogen and oxygen atoms in total. The van der Waals surface area contributed by atoms with Crippen LogP contribution in [0.5, 0.6) is 5.75 Å². The highest BCUT2D eigenvalue weighted by atomic mass is 16.3. The van der Waals surface area contributed by atoms with Crippen molar-refractivity contribution in [2.75, 3.05) is 13.6 Å². The first kappa shape index (κ1) is 19.2. The molecule has 1 saturated carbocycles. The molecule has 0 radical (unpaired) electrons. The Kier molecular flexibility index (Phi) is 5.98. The van der Waals surface area contributed by atoms with E-state index in [0.717, 1.165) is 32.1 Å². The number of phenolic OH excluding ortho intramolecular Hbond substituents is 1. The van der Waals surface area contributed by atoms with Gasteiger partial charge in [0, 0.05) is 25.6 Å². The zero-order valence-corrected chi connectivity index (χ0v) is 15.6. The number of hydrogen-bond acceptors (Lipinski definition) is 4. The first-order valence-corrected chi connectivity index (χ1v) is 9.62. The van der Waals surface area contributed by atoms with E-state index in [4.69, 9.17) is 0 Å². The number of likely N-dealkylation sites (tertiary alicyclic amines) is 1. The molecule has 0 bridgehead atoms. The fraction of sp³-hybridized carbons (Fsp3) is 0.550. The maximum Gasteiger partial charge on any atom is 0.258 e. The molecule has 1 aliphatic heterocycles. The number of rotatable bonds is 4. The SMILES string of the molecule is CNC(=O)C1CCC(NC(=O)C2CCCN2C(=O)c2ccccc2O)CC1. The van der Waals surface area contributed by atoms with Crippen LogP contribution < -0.4 is 10.6 Å². The first-order chi connectivity index (χ1) is 13.0. The first-order valence-electron chi connectivity index (χ1n) is 9.62. The average molecular weight is 373 g/mol. The van der Waals surface area contributed by atoms with E-state index in [1.54, 1.807) is 30.1 Å². The Labute approximate surface area is 159 Å². The molecule has 1 atom stereocenters. The molecule has 3 amide bonds. The van der Waals surface area contributed by atoms with E-state index in [1.165, 1.54) is 6.07 Å². The maximum absolute atomic E-state index is 12.8. The third-order valence-corrected chi connectivity index (χ3v) is 5.64. The minimum Gasteiger partial charge on any atom is -0.507 e. The van der Waals surface area contributed by atoms with Crippen LogP contribution in [0.15, 0.2) is 24.3 Å². The molecular weight excluding hydrogens is 346 g/mol. The molecule has 2 aliphatic rings. The Balaban J connectivity index is 1.59.